The van der Waals surface area contributed by atoms with Crippen molar-refractivity contribution in [2.75, 3.05) is 24.2 Å². The van der Waals surface area contributed by atoms with E-state index in [1.807, 2.05) is 38.1 Å². The number of carbonyl (C=O) groups is 2. The summed E-state index contributed by atoms with van der Waals surface area (Å²) in [5, 5.41) is 9.86. The fraction of sp³-hybridized carbons (Fsp3) is 0.300. The van der Waals surface area contributed by atoms with Crippen LogP contribution in [0.3, 0.4) is 0 Å². The van der Waals surface area contributed by atoms with E-state index in [1.54, 1.807) is 35.0 Å². The summed E-state index contributed by atoms with van der Waals surface area (Å²) in [5.41, 5.74) is 4.08. The van der Waals surface area contributed by atoms with E-state index >= 15 is 0 Å². The van der Waals surface area contributed by atoms with Gasteiger partial charge >= 0.3 is 0 Å². The molecule has 0 aliphatic rings. The van der Waals surface area contributed by atoms with E-state index in [0.717, 1.165) is 16.9 Å². The first-order chi connectivity index (χ1) is 13.3. The summed E-state index contributed by atoms with van der Waals surface area (Å²) in [6.45, 7) is 5.68. The largest absolute Gasteiger partial charge is 0.326 e. The van der Waals surface area contributed by atoms with Crippen molar-refractivity contribution in [1.29, 1.82) is 0 Å². The second-order valence-electron chi connectivity index (χ2n) is 6.80. The van der Waals surface area contributed by atoms with Gasteiger partial charge in [0.05, 0.1) is 12.7 Å². The Kier molecular flexibility index (Phi) is 5.70. The Morgan fingerprint density at radius 1 is 1.21 bits per heavy atom. The van der Waals surface area contributed by atoms with Crippen LogP contribution in [0.5, 0.6) is 0 Å². The molecule has 2 amide bonds. The number of anilines is 2. The van der Waals surface area contributed by atoms with Gasteiger partial charge in [0.2, 0.25) is 11.8 Å². The van der Waals surface area contributed by atoms with Gasteiger partial charge in [-0.25, -0.2) is 9.50 Å². The quantitative estimate of drug-likeness (QED) is 0.686. The molecule has 3 rings (SSSR count). The zero-order chi connectivity index (χ0) is 20.3. The molecule has 0 saturated carbocycles. The van der Waals surface area contributed by atoms with Crippen LogP contribution in [0.15, 0.2) is 42.7 Å². The van der Waals surface area contributed by atoms with Crippen LogP contribution in [0.25, 0.3) is 5.65 Å². The molecule has 1 aromatic carbocycles. The number of nitrogens with one attached hydrogen (secondary N) is 2. The lowest BCUT2D eigenvalue weighted by Crippen LogP contribution is -2.32. The number of aromatic nitrogens is 3. The van der Waals surface area contributed by atoms with E-state index in [4.69, 9.17) is 0 Å². The van der Waals surface area contributed by atoms with Crippen molar-refractivity contribution in [3.63, 3.8) is 0 Å². The van der Waals surface area contributed by atoms with Crippen LogP contribution >= 0.6 is 0 Å². The van der Waals surface area contributed by atoms with Crippen LogP contribution in [0.2, 0.25) is 0 Å². The van der Waals surface area contributed by atoms with Gasteiger partial charge in [0.1, 0.15) is 0 Å². The molecule has 0 fully saturated rings. The lowest BCUT2D eigenvalue weighted by atomic mass is 10.1. The fourth-order valence-corrected chi connectivity index (χ4v) is 3.09. The topological polar surface area (TPSA) is 91.6 Å². The Balaban J connectivity index is 1.66. The normalized spacial score (nSPS) is 12.2. The third-order valence-corrected chi connectivity index (χ3v) is 4.67. The van der Waals surface area contributed by atoms with Crippen molar-refractivity contribution in [2.24, 2.45) is 0 Å². The van der Waals surface area contributed by atoms with Crippen molar-refractivity contribution in [2.45, 2.75) is 26.8 Å². The molecule has 0 aliphatic heterocycles. The van der Waals surface area contributed by atoms with Crippen molar-refractivity contribution >= 4 is 28.8 Å². The smallest absolute Gasteiger partial charge is 0.238 e. The molecular formula is C20H24N6O2. The standard InChI is InChI=1S/C20H24N6O2/c1-13(18-11-21-19-8-9-22-26(19)14(18)2)25(4)12-20(28)24-17-7-5-6-16(10-17)23-15(3)27/h5-11,13H,12H2,1-4H3,(H,23,27)(H,24,28)/t13-/m0/s1. The minimum Gasteiger partial charge on any atom is -0.326 e. The molecule has 3 aromatic rings. The van der Waals surface area contributed by atoms with Gasteiger partial charge in [-0.05, 0) is 39.1 Å². The number of hydrogen-bond acceptors (Lipinski definition) is 5. The summed E-state index contributed by atoms with van der Waals surface area (Å²) in [4.78, 5) is 30.0. The van der Waals surface area contributed by atoms with Gasteiger partial charge in [-0.15, -0.1) is 0 Å². The van der Waals surface area contributed by atoms with E-state index < -0.39 is 0 Å². The number of rotatable bonds is 6. The zero-order valence-corrected chi connectivity index (χ0v) is 16.4. The lowest BCUT2D eigenvalue weighted by molar-refractivity contribution is -0.117. The number of nitrogens with zero attached hydrogens (tertiary/aromatic N) is 4. The molecule has 2 N–H and O–H groups in total. The van der Waals surface area contributed by atoms with Crippen LogP contribution in [-0.2, 0) is 9.59 Å². The number of benzene rings is 1. The number of amides is 2. The van der Waals surface area contributed by atoms with Crippen LogP contribution in [0.1, 0.15) is 31.1 Å². The van der Waals surface area contributed by atoms with E-state index in [2.05, 4.69) is 20.7 Å². The molecule has 2 aromatic heterocycles. The third-order valence-electron chi connectivity index (χ3n) is 4.67. The van der Waals surface area contributed by atoms with Crippen molar-refractivity contribution in [3.8, 4) is 0 Å². The molecule has 2 heterocycles. The number of hydrogen-bond donors (Lipinski definition) is 2. The predicted octanol–water partition coefficient (Wildman–Crippen LogP) is 2.63. The van der Waals surface area contributed by atoms with Crippen molar-refractivity contribution in [3.05, 3.63) is 54.0 Å². The molecular weight excluding hydrogens is 356 g/mol. The SMILES string of the molecule is CC(=O)Nc1cccc(NC(=O)CN(C)[C@@H](C)c2cnc3ccnn3c2C)c1. The highest BCUT2D eigenvalue weighted by Gasteiger charge is 2.19. The summed E-state index contributed by atoms with van der Waals surface area (Å²) in [6, 6.07) is 8.90. The number of aryl methyl sites for hydroxylation is 1. The van der Waals surface area contributed by atoms with E-state index in [9.17, 15) is 9.59 Å². The molecule has 0 saturated heterocycles. The van der Waals surface area contributed by atoms with Crippen LogP contribution < -0.4 is 10.6 Å². The van der Waals surface area contributed by atoms with Gasteiger partial charge in [-0.3, -0.25) is 14.5 Å². The minimum atomic E-state index is -0.157. The first-order valence-electron chi connectivity index (χ1n) is 9.02. The fourth-order valence-electron chi connectivity index (χ4n) is 3.09. The molecule has 0 unspecified atom stereocenters. The van der Waals surface area contributed by atoms with Crippen LogP contribution in [-0.4, -0.2) is 44.9 Å². The van der Waals surface area contributed by atoms with E-state index in [1.165, 1.54) is 6.92 Å². The highest BCUT2D eigenvalue weighted by atomic mass is 16.2. The molecule has 28 heavy (non-hydrogen) atoms. The molecule has 0 spiro atoms. The Bertz CT molecular complexity index is 1010. The second kappa shape index (κ2) is 8.18. The van der Waals surface area contributed by atoms with Crippen molar-refractivity contribution in [1.82, 2.24) is 19.5 Å². The predicted molar refractivity (Wildman–Crippen MR) is 108 cm³/mol. The van der Waals surface area contributed by atoms with Gasteiger partial charge < -0.3 is 10.6 Å². The average molecular weight is 380 g/mol. The number of fused-ring (bicyclic) bond motifs is 1. The summed E-state index contributed by atoms with van der Waals surface area (Å²) >= 11 is 0. The monoisotopic (exact) mass is 380 g/mol. The second-order valence-corrected chi connectivity index (χ2v) is 6.80. The first-order valence-corrected chi connectivity index (χ1v) is 9.02. The summed E-state index contributed by atoms with van der Waals surface area (Å²) < 4.78 is 1.80. The van der Waals surface area contributed by atoms with Crippen LogP contribution in [0.4, 0.5) is 11.4 Å². The molecule has 0 aliphatic carbocycles. The minimum absolute atomic E-state index is 0.0161. The zero-order valence-electron chi connectivity index (χ0n) is 16.4. The lowest BCUT2D eigenvalue weighted by Gasteiger charge is -2.25. The highest BCUT2D eigenvalue weighted by molar-refractivity contribution is 5.94. The molecule has 0 radical (unpaired) electrons. The van der Waals surface area contributed by atoms with E-state index in [0.29, 0.717) is 11.4 Å². The first kappa shape index (κ1) is 19.5. The van der Waals surface area contributed by atoms with E-state index in [-0.39, 0.29) is 24.4 Å². The van der Waals surface area contributed by atoms with Gasteiger partial charge in [-0.1, -0.05) is 6.07 Å². The maximum Gasteiger partial charge on any atom is 0.238 e. The maximum absolute atomic E-state index is 12.5. The number of carbonyl (C=O) groups excluding carboxylic acids is 2. The average Bonchev–Trinajstić information content (AvgIpc) is 3.10. The summed E-state index contributed by atoms with van der Waals surface area (Å²) in [6.07, 6.45) is 3.55. The molecule has 0 bridgehead atoms. The van der Waals surface area contributed by atoms with Gasteiger partial charge in [-0.2, -0.15) is 5.10 Å². The Labute approximate surface area is 163 Å². The number of likely N-dealkylation sites (N-methyl/N-ethyl adjacent to an activating group) is 1. The maximum atomic E-state index is 12.5. The van der Waals surface area contributed by atoms with Crippen LogP contribution in [0, 0.1) is 6.92 Å². The van der Waals surface area contributed by atoms with Gasteiger partial charge in [0, 0.05) is 47.9 Å². The Morgan fingerprint density at radius 2 is 1.93 bits per heavy atom. The molecule has 146 valence electrons. The van der Waals surface area contributed by atoms with Gasteiger partial charge in [0.15, 0.2) is 5.65 Å². The summed E-state index contributed by atoms with van der Waals surface area (Å²) in [5.74, 6) is -0.296. The molecule has 8 nitrogen and oxygen atoms in total. The van der Waals surface area contributed by atoms with Crippen molar-refractivity contribution < 1.29 is 9.59 Å². The molecule has 1 atom stereocenters. The highest BCUT2D eigenvalue weighted by Crippen LogP contribution is 2.22. The Morgan fingerprint density at radius 3 is 2.64 bits per heavy atom. The van der Waals surface area contributed by atoms with Gasteiger partial charge in [0.25, 0.3) is 0 Å². The summed E-state index contributed by atoms with van der Waals surface area (Å²) in [7, 11) is 1.89. The Hall–Kier alpha value is -3.26. The third kappa shape index (κ3) is 4.34. The molecule has 8 heteroatoms.